The summed E-state index contributed by atoms with van der Waals surface area (Å²) in [4.78, 5) is 15.1. The fraction of sp³-hybridized carbons (Fsp3) is 0.0526. The maximum Gasteiger partial charge on any atom is 0.371 e. The van der Waals surface area contributed by atoms with E-state index in [1.807, 2.05) is 0 Å². The Morgan fingerprint density at radius 2 is 1.85 bits per heavy atom. The van der Waals surface area contributed by atoms with E-state index in [9.17, 15) is 9.18 Å². The standard InChI is InChI=1S/C19H13Cl2FN2O2/c20-14-3-1-12(17(21)9-14)10-24-19(25)13-2-8-18(23-11-13)26-16-6-4-15(22)5-7-16/h1-9,11H,10H2,(H,24,25)/p+1. The molecule has 0 atom stereocenters. The monoisotopic (exact) mass is 391 g/mol. The smallest absolute Gasteiger partial charge is 0.371 e. The van der Waals surface area contributed by atoms with E-state index >= 15 is 0 Å². The SMILES string of the molecule is O=C(NCc1ccc(Cl)cc1Cl)c1ccc(Oc2ccc(F)cc2)[nH+]c1. The van der Waals surface area contributed by atoms with Gasteiger partial charge in [0, 0.05) is 16.6 Å². The molecule has 0 saturated carbocycles. The molecule has 0 aliphatic rings. The number of amides is 1. The highest BCUT2D eigenvalue weighted by Crippen LogP contribution is 2.21. The zero-order valence-corrected chi connectivity index (χ0v) is 14.9. The minimum Gasteiger partial charge on any atom is -0.405 e. The number of aromatic nitrogens is 1. The quantitative estimate of drug-likeness (QED) is 0.686. The first-order valence-corrected chi connectivity index (χ1v) is 8.44. The molecule has 2 N–H and O–H groups in total. The van der Waals surface area contributed by atoms with Crippen molar-refractivity contribution in [3.8, 4) is 11.6 Å². The van der Waals surface area contributed by atoms with Gasteiger partial charge in [0.15, 0.2) is 6.20 Å². The third-order valence-electron chi connectivity index (χ3n) is 3.54. The first-order chi connectivity index (χ1) is 12.5. The number of halogens is 3. The van der Waals surface area contributed by atoms with E-state index in [1.165, 1.54) is 30.5 Å². The van der Waals surface area contributed by atoms with Crippen molar-refractivity contribution in [3.63, 3.8) is 0 Å². The minimum atomic E-state index is -0.339. The number of nitrogens with one attached hydrogen (secondary N) is 2. The van der Waals surface area contributed by atoms with Gasteiger partial charge in [0.25, 0.3) is 5.91 Å². The summed E-state index contributed by atoms with van der Waals surface area (Å²) in [6.45, 7) is 0.280. The minimum absolute atomic E-state index is 0.263. The van der Waals surface area contributed by atoms with Gasteiger partial charge in [-0.2, -0.15) is 4.98 Å². The van der Waals surface area contributed by atoms with Crippen molar-refractivity contribution < 1.29 is 18.9 Å². The molecule has 0 bridgehead atoms. The number of hydrogen-bond acceptors (Lipinski definition) is 2. The molecule has 0 radical (unpaired) electrons. The molecule has 26 heavy (non-hydrogen) atoms. The van der Waals surface area contributed by atoms with Crippen LogP contribution in [0.4, 0.5) is 4.39 Å². The van der Waals surface area contributed by atoms with Crippen LogP contribution < -0.4 is 15.0 Å². The Balaban J connectivity index is 1.60. The summed E-state index contributed by atoms with van der Waals surface area (Å²) in [6, 6.07) is 14.0. The molecule has 4 nitrogen and oxygen atoms in total. The first-order valence-electron chi connectivity index (χ1n) is 7.68. The Bertz CT molecular complexity index is 916. The van der Waals surface area contributed by atoms with Crippen molar-refractivity contribution in [2.45, 2.75) is 6.54 Å². The normalized spacial score (nSPS) is 10.4. The van der Waals surface area contributed by atoms with Gasteiger partial charge >= 0.3 is 5.88 Å². The van der Waals surface area contributed by atoms with E-state index in [4.69, 9.17) is 27.9 Å². The summed E-state index contributed by atoms with van der Waals surface area (Å²) in [5.74, 6) is 0.306. The average molecular weight is 392 g/mol. The molecule has 1 aromatic heterocycles. The molecule has 1 amide bonds. The maximum absolute atomic E-state index is 12.9. The number of pyridine rings is 1. The molecule has 0 aliphatic heterocycles. The number of H-pyrrole nitrogens is 1. The van der Waals surface area contributed by atoms with Gasteiger partial charge in [-0.3, -0.25) is 4.79 Å². The van der Waals surface area contributed by atoms with E-state index < -0.39 is 0 Å². The summed E-state index contributed by atoms with van der Waals surface area (Å²) < 4.78 is 18.4. The van der Waals surface area contributed by atoms with Crippen molar-refractivity contribution in [1.29, 1.82) is 0 Å². The Hall–Kier alpha value is -2.63. The summed E-state index contributed by atoms with van der Waals surface area (Å²) >= 11 is 11.9. The molecule has 0 spiro atoms. The molecular weight excluding hydrogens is 378 g/mol. The van der Waals surface area contributed by atoms with Crippen LogP contribution in [0.2, 0.25) is 10.0 Å². The van der Waals surface area contributed by atoms with Crippen LogP contribution >= 0.6 is 23.2 Å². The van der Waals surface area contributed by atoms with E-state index in [2.05, 4.69) is 10.3 Å². The number of carbonyl (C=O) groups excluding carboxylic acids is 1. The second-order valence-electron chi connectivity index (χ2n) is 5.42. The van der Waals surface area contributed by atoms with Gasteiger partial charge < -0.3 is 10.1 Å². The fourth-order valence-electron chi connectivity index (χ4n) is 2.19. The zero-order valence-electron chi connectivity index (χ0n) is 13.4. The van der Waals surface area contributed by atoms with Gasteiger partial charge in [-0.15, -0.1) is 0 Å². The van der Waals surface area contributed by atoms with Crippen LogP contribution in [-0.2, 0) is 6.54 Å². The topological polar surface area (TPSA) is 52.5 Å². The average Bonchev–Trinajstić information content (AvgIpc) is 2.63. The number of aromatic amines is 1. The molecule has 1 heterocycles. The van der Waals surface area contributed by atoms with Crippen LogP contribution in [0.3, 0.4) is 0 Å². The highest BCUT2D eigenvalue weighted by Gasteiger charge is 2.12. The third-order valence-corrected chi connectivity index (χ3v) is 4.13. The van der Waals surface area contributed by atoms with Gasteiger partial charge in [0.05, 0.1) is 6.07 Å². The summed E-state index contributed by atoms with van der Waals surface area (Å²) in [7, 11) is 0. The van der Waals surface area contributed by atoms with E-state index in [0.717, 1.165) is 5.56 Å². The largest absolute Gasteiger partial charge is 0.405 e. The van der Waals surface area contributed by atoms with Gasteiger partial charge in [0.1, 0.15) is 17.1 Å². The number of carbonyl (C=O) groups is 1. The van der Waals surface area contributed by atoms with Gasteiger partial charge in [-0.1, -0.05) is 29.3 Å². The van der Waals surface area contributed by atoms with Crippen LogP contribution in [-0.4, -0.2) is 5.91 Å². The Morgan fingerprint density at radius 3 is 2.50 bits per heavy atom. The maximum atomic E-state index is 12.9. The number of ether oxygens (including phenoxy) is 1. The Morgan fingerprint density at radius 1 is 1.08 bits per heavy atom. The lowest BCUT2D eigenvalue weighted by Crippen LogP contribution is -2.24. The molecular formula is C19H14Cl2FN2O2+. The lowest BCUT2D eigenvalue weighted by atomic mass is 10.2. The predicted molar refractivity (Wildman–Crippen MR) is 97.1 cm³/mol. The lowest BCUT2D eigenvalue weighted by Gasteiger charge is -2.07. The highest BCUT2D eigenvalue weighted by atomic mass is 35.5. The van der Waals surface area contributed by atoms with Crippen LogP contribution in [0, 0.1) is 5.82 Å². The summed E-state index contributed by atoms with van der Waals surface area (Å²) in [5.41, 5.74) is 1.20. The molecule has 3 rings (SSSR count). The molecule has 0 aliphatic carbocycles. The van der Waals surface area contributed by atoms with Gasteiger partial charge in [0.2, 0.25) is 0 Å². The van der Waals surface area contributed by atoms with Crippen LogP contribution in [0.15, 0.2) is 60.8 Å². The zero-order chi connectivity index (χ0) is 18.5. The second kappa shape index (κ2) is 8.17. The van der Waals surface area contributed by atoms with Crippen LogP contribution in [0.5, 0.6) is 11.6 Å². The van der Waals surface area contributed by atoms with Crippen molar-refractivity contribution in [1.82, 2.24) is 5.32 Å². The van der Waals surface area contributed by atoms with Crippen molar-refractivity contribution in [2.24, 2.45) is 0 Å². The number of benzene rings is 2. The van der Waals surface area contributed by atoms with Gasteiger partial charge in [-0.25, -0.2) is 4.39 Å². The van der Waals surface area contributed by atoms with Gasteiger partial charge in [-0.05, 0) is 48.0 Å². The van der Waals surface area contributed by atoms with E-state index in [0.29, 0.717) is 27.2 Å². The molecule has 7 heteroatoms. The molecule has 132 valence electrons. The molecule has 0 saturated heterocycles. The number of rotatable bonds is 5. The fourth-order valence-corrected chi connectivity index (χ4v) is 2.66. The van der Waals surface area contributed by atoms with Crippen molar-refractivity contribution in [2.75, 3.05) is 0 Å². The highest BCUT2D eigenvalue weighted by molar-refractivity contribution is 6.35. The molecule has 0 fully saturated rings. The summed E-state index contributed by atoms with van der Waals surface area (Å²) in [6.07, 6.45) is 1.53. The molecule has 0 unspecified atom stereocenters. The van der Waals surface area contributed by atoms with Crippen LogP contribution in [0.1, 0.15) is 15.9 Å². The Labute approximate surface area is 159 Å². The van der Waals surface area contributed by atoms with E-state index in [1.54, 1.807) is 30.3 Å². The van der Waals surface area contributed by atoms with E-state index in [-0.39, 0.29) is 18.3 Å². The molecule has 3 aromatic rings. The van der Waals surface area contributed by atoms with Crippen molar-refractivity contribution in [3.05, 3.63) is 87.8 Å². The molecule has 2 aromatic carbocycles. The summed E-state index contributed by atoms with van der Waals surface area (Å²) in [5, 5.41) is 3.81. The predicted octanol–water partition coefficient (Wildman–Crippen LogP) is 4.67. The first kappa shape index (κ1) is 18.2. The third kappa shape index (κ3) is 4.71. The van der Waals surface area contributed by atoms with Crippen LogP contribution in [0.25, 0.3) is 0 Å². The Kier molecular flexibility index (Phi) is 5.71. The second-order valence-corrected chi connectivity index (χ2v) is 6.26. The van der Waals surface area contributed by atoms with Crippen molar-refractivity contribution >= 4 is 29.1 Å². The number of hydrogen-bond donors (Lipinski definition) is 1. The lowest BCUT2D eigenvalue weighted by molar-refractivity contribution is -0.391.